The Morgan fingerprint density at radius 2 is 2.04 bits per heavy atom. The van der Waals surface area contributed by atoms with Crippen LogP contribution in [0.1, 0.15) is 32.1 Å². The van der Waals surface area contributed by atoms with E-state index in [0.29, 0.717) is 30.6 Å². The number of hydrogen-bond acceptors (Lipinski definition) is 5. The summed E-state index contributed by atoms with van der Waals surface area (Å²) in [5, 5.41) is 9.34. The molecule has 7 nitrogen and oxygen atoms in total. The molecule has 3 atom stereocenters. The summed E-state index contributed by atoms with van der Waals surface area (Å²) in [5.74, 6) is 2.40. The molecular weight excluding hydrogens is 366 g/mol. The van der Waals surface area contributed by atoms with Crippen molar-refractivity contribution in [2.45, 2.75) is 49.4 Å². The van der Waals surface area contributed by atoms with Gasteiger partial charge >= 0.3 is 6.03 Å². The molecule has 3 aliphatic heterocycles. The third-order valence-corrected chi connectivity index (χ3v) is 6.62. The van der Waals surface area contributed by atoms with Crippen LogP contribution in [-0.4, -0.2) is 48.2 Å². The quantitative estimate of drug-likeness (QED) is 0.512. The molecule has 3 aliphatic rings. The van der Waals surface area contributed by atoms with Gasteiger partial charge in [0, 0.05) is 35.6 Å². The van der Waals surface area contributed by atoms with E-state index in [9.17, 15) is 9.59 Å². The Kier molecular flexibility index (Phi) is 5.61. The Morgan fingerprint density at radius 3 is 2.93 bits per heavy atom. The minimum Gasteiger partial charge on any atom is -0.490 e. The number of rotatable bonds is 6. The molecule has 1 aromatic carbocycles. The molecular formula is C19H25N3O4S. The van der Waals surface area contributed by atoms with Crippen LogP contribution >= 0.6 is 11.8 Å². The third-order valence-electron chi connectivity index (χ3n) is 5.11. The highest BCUT2D eigenvalue weighted by Gasteiger charge is 2.42. The minimum absolute atomic E-state index is 0.0114. The highest BCUT2D eigenvalue weighted by molar-refractivity contribution is 8.00. The molecule has 4 rings (SSSR count). The minimum atomic E-state index is -0.0511. The number of nitrogens with one attached hydrogen (secondary N) is 3. The van der Waals surface area contributed by atoms with Crippen molar-refractivity contribution in [3.8, 4) is 11.5 Å². The normalized spacial score (nSPS) is 25.9. The number of ether oxygens (including phenoxy) is 2. The van der Waals surface area contributed by atoms with Crippen molar-refractivity contribution < 1.29 is 19.1 Å². The molecule has 146 valence electrons. The number of anilines is 1. The maximum atomic E-state index is 12.2. The molecule has 3 heterocycles. The Balaban J connectivity index is 1.19. The summed E-state index contributed by atoms with van der Waals surface area (Å²) in [4.78, 5) is 23.6. The molecule has 3 amide bonds. The van der Waals surface area contributed by atoms with Crippen LogP contribution in [-0.2, 0) is 4.79 Å². The van der Waals surface area contributed by atoms with E-state index in [-0.39, 0.29) is 24.0 Å². The van der Waals surface area contributed by atoms with Gasteiger partial charge in [-0.15, -0.1) is 0 Å². The number of unbranched alkanes of at least 4 members (excludes halogenated alkanes) is 1. The fraction of sp³-hybridized carbons (Fsp3) is 0.579. The second-order valence-corrected chi connectivity index (χ2v) is 8.40. The van der Waals surface area contributed by atoms with E-state index in [1.807, 2.05) is 30.0 Å². The number of amides is 3. The van der Waals surface area contributed by atoms with Gasteiger partial charge in [0.05, 0.1) is 25.3 Å². The zero-order valence-corrected chi connectivity index (χ0v) is 16.0. The standard InChI is InChI=1S/C19H25N3O4S/c23-17(20-12-6-7-14-15(10-12)26-9-3-8-25-14)5-2-1-4-16-18-13(11-27-16)21-19(24)22-18/h6-7,10,13,16,18H,1-5,8-9,11H2,(H,20,23)(H2,21,22,24)/t13-,16+,18+/m0/s1. The molecule has 0 bridgehead atoms. The number of benzene rings is 1. The van der Waals surface area contributed by atoms with Gasteiger partial charge in [0.25, 0.3) is 0 Å². The van der Waals surface area contributed by atoms with Crippen LogP contribution < -0.4 is 25.4 Å². The summed E-state index contributed by atoms with van der Waals surface area (Å²) in [7, 11) is 0. The lowest BCUT2D eigenvalue weighted by molar-refractivity contribution is -0.116. The van der Waals surface area contributed by atoms with E-state index in [1.165, 1.54) is 0 Å². The maximum absolute atomic E-state index is 12.2. The van der Waals surface area contributed by atoms with Gasteiger partial charge in [0.1, 0.15) is 0 Å². The van der Waals surface area contributed by atoms with Crippen LogP contribution in [0.25, 0.3) is 0 Å². The van der Waals surface area contributed by atoms with Crippen LogP contribution in [0.2, 0.25) is 0 Å². The zero-order chi connectivity index (χ0) is 18.6. The van der Waals surface area contributed by atoms with Crippen molar-refractivity contribution in [1.82, 2.24) is 10.6 Å². The summed E-state index contributed by atoms with van der Waals surface area (Å²) in [5.41, 5.74) is 0.734. The van der Waals surface area contributed by atoms with Gasteiger partial charge in [-0.3, -0.25) is 4.79 Å². The van der Waals surface area contributed by atoms with E-state index in [4.69, 9.17) is 9.47 Å². The van der Waals surface area contributed by atoms with Gasteiger partial charge in [-0.2, -0.15) is 11.8 Å². The first-order chi connectivity index (χ1) is 13.2. The number of carbonyl (C=O) groups excluding carboxylic acids is 2. The molecule has 0 unspecified atom stereocenters. The lowest BCUT2D eigenvalue weighted by atomic mass is 10.0. The summed E-state index contributed by atoms with van der Waals surface area (Å²) >= 11 is 1.91. The first kappa shape index (κ1) is 18.3. The van der Waals surface area contributed by atoms with Gasteiger partial charge in [-0.1, -0.05) is 6.42 Å². The van der Waals surface area contributed by atoms with E-state index < -0.39 is 0 Å². The molecule has 2 saturated heterocycles. The number of hydrogen-bond donors (Lipinski definition) is 3. The molecule has 0 aromatic heterocycles. The fourth-order valence-corrected chi connectivity index (χ4v) is 5.28. The Morgan fingerprint density at radius 1 is 1.19 bits per heavy atom. The molecule has 3 N–H and O–H groups in total. The van der Waals surface area contributed by atoms with Crippen molar-refractivity contribution in [2.24, 2.45) is 0 Å². The van der Waals surface area contributed by atoms with E-state index in [1.54, 1.807) is 0 Å². The lowest BCUT2D eigenvalue weighted by Gasteiger charge is -2.16. The second kappa shape index (κ2) is 8.29. The van der Waals surface area contributed by atoms with Crippen molar-refractivity contribution in [3.63, 3.8) is 0 Å². The number of carbonyl (C=O) groups is 2. The highest BCUT2D eigenvalue weighted by Crippen LogP contribution is 2.34. The second-order valence-electron chi connectivity index (χ2n) is 7.13. The predicted octanol–water partition coefficient (Wildman–Crippen LogP) is 2.51. The smallest absolute Gasteiger partial charge is 0.315 e. The molecule has 27 heavy (non-hydrogen) atoms. The molecule has 0 aliphatic carbocycles. The molecule has 0 radical (unpaired) electrons. The largest absolute Gasteiger partial charge is 0.490 e. The van der Waals surface area contributed by atoms with Crippen molar-refractivity contribution in [2.75, 3.05) is 24.3 Å². The van der Waals surface area contributed by atoms with Crippen LogP contribution in [0, 0.1) is 0 Å². The molecule has 2 fully saturated rings. The zero-order valence-electron chi connectivity index (χ0n) is 15.2. The van der Waals surface area contributed by atoms with Crippen molar-refractivity contribution >= 4 is 29.4 Å². The lowest BCUT2D eigenvalue weighted by Crippen LogP contribution is -2.36. The monoisotopic (exact) mass is 391 g/mol. The Labute approximate surface area is 162 Å². The van der Waals surface area contributed by atoms with Gasteiger partial charge in [-0.05, 0) is 25.0 Å². The number of thioether (sulfide) groups is 1. The average Bonchev–Trinajstić information content (AvgIpc) is 3.09. The summed E-state index contributed by atoms with van der Waals surface area (Å²) in [6, 6.07) is 5.95. The number of urea groups is 1. The van der Waals surface area contributed by atoms with Gasteiger partial charge < -0.3 is 25.4 Å². The summed E-state index contributed by atoms with van der Waals surface area (Å²) < 4.78 is 11.3. The van der Waals surface area contributed by atoms with Crippen molar-refractivity contribution in [1.29, 1.82) is 0 Å². The van der Waals surface area contributed by atoms with Gasteiger partial charge in [0.15, 0.2) is 11.5 Å². The van der Waals surface area contributed by atoms with Gasteiger partial charge in [0.2, 0.25) is 5.91 Å². The topological polar surface area (TPSA) is 88.7 Å². The van der Waals surface area contributed by atoms with Crippen LogP contribution in [0.3, 0.4) is 0 Å². The molecule has 1 aromatic rings. The highest BCUT2D eigenvalue weighted by atomic mass is 32.2. The summed E-state index contributed by atoms with van der Waals surface area (Å²) in [6.07, 6.45) is 4.18. The van der Waals surface area contributed by atoms with E-state index in [0.717, 1.165) is 42.9 Å². The van der Waals surface area contributed by atoms with Crippen LogP contribution in [0.5, 0.6) is 11.5 Å². The van der Waals surface area contributed by atoms with E-state index in [2.05, 4.69) is 16.0 Å². The average molecular weight is 391 g/mol. The molecule has 8 heteroatoms. The van der Waals surface area contributed by atoms with E-state index >= 15 is 0 Å². The van der Waals surface area contributed by atoms with Gasteiger partial charge in [-0.25, -0.2) is 4.79 Å². The van der Waals surface area contributed by atoms with Crippen LogP contribution in [0.15, 0.2) is 18.2 Å². The predicted molar refractivity (Wildman–Crippen MR) is 105 cm³/mol. The molecule has 0 saturated carbocycles. The SMILES string of the molecule is O=C(CCCC[C@H]1SC[C@@H]2NC(=O)N[C@H]21)Nc1ccc2c(c1)OCCCO2. The van der Waals surface area contributed by atoms with Crippen molar-refractivity contribution in [3.05, 3.63) is 18.2 Å². The first-order valence-electron chi connectivity index (χ1n) is 9.57. The number of fused-ring (bicyclic) bond motifs is 2. The maximum Gasteiger partial charge on any atom is 0.315 e. The fourth-order valence-electron chi connectivity index (χ4n) is 3.74. The third kappa shape index (κ3) is 4.43. The summed E-state index contributed by atoms with van der Waals surface area (Å²) in [6.45, 7) is 1.28. The van der Waals surface area contributed by atoms with Crippen LogP contribution in [0.4, 0.5) is 10.5 Å². The Bertz CT molecular complexity index is 714. The molecule has 0 spiro atoms. The first-order valence-corrected chi connectivity index (χ1v) is 10.6. The Hall–Kier alpha value is -2.09.